The van der Waals surface area contributed by atoms with Crippen LogP contribution in [-0.4, -0.2) is 48.9 Å². The maximum atomic E-state index is 11.0. The molecule has 0 rings (SSSR count). The van der Waals surface area contributed by atoms with Crippen molar-refractivity contribution in [1.82, 2.24) is 15.5 Å². The van der Waals surface area contributed by atoms with Gasteiger partial charge < -0.3 is 15.5 Å². The Bertz CT molecular complexity index is 210. The quantitative estimate of drug-likeness (QED) is 0.119. The summed E-state index contributed by atoms with van der Waals surface area (Å²) >= 11 is 0. The Morgan fingerprint density at radius 1 is 1.60 bits per heavy atom. The molecule has 0 aliphatic carbocycles. The molecule has 0 aromatic carbocycles. The number of hydrogen-bond acceptors (Lipinski definition) is 4. The number of nitrogens with one attached hydrogen (secondary N) is 3. The summed E-state index contributed by atoms with van der Waals surface area (Å²) in [5.41, 5.74) is 0. The number of guanidine groups is 1. The second kappa shape index (κ2) is 8.01. The van der Waals surface area contributed by atoms with Gasteiger partial charge in [-0.15, -0.1) is 0 Å². The lowest BCUT2D eigenvalue weighted by Gasteiger charge is -2.18. The van der Waals surface area contributed by atoms with Crippen LogP contribution in [0.15, 0.2) is 0 Å². The molecule has 0 heterocycles. The molecule has 0 aliphatic rings. The van der Waals surface area contributed by atoms with Crippen molar-refractivity contribution in [2.45, 2.75) is 13.3 Å². The predicted molar refractivity (Wildman–Crippen MR) is 55.4 cm³/mol. The molecule has 15 heavy (non-hydrogen) atoms. The van der Waals surface area contributed by atoms with Crippen LogP contribution in [0.1, 0.15) is 13.3 Å². The van der Waals surface area contributed by atoms with E-state index in [4.69, 9.17) is 10.7 Å². The smallest absolute Gasteiger partial charge is 0.221 e. The zero-order chi connectivity index (χ0) is 11.7. The first-order chi connectivity index (χ1) is 7.11. The van der Waals surface area contributed by atoms with Crippen LogP contribution in [0.5, 0.6) is 0 Å². The van der Waals surface area contributed by atoms with Gasteiger partial charge in [0.2, 0.25) is 5.91 Å². The van der Waals surface area contributed by atoms with Crippen molar-refractivity contribution >= 4 is 11.9 Å². The van der Waals surface area contributed by atoms with Gasteiger partial charge in [0.05, 0.1) is 0 Å². The van der Waals surface area contributed by atoms with Gasteiger partial charge in [0, 0.05) is 27.1 Å². The van der Waals surface area contributed by atoms with E-state index in [1.165, 1.54) is 11.8 Å². The zero-order valence-corrected chi connectivity index (χ0v) is 9.04. The molecular formula is C8H18N4O3. The molecular weight excluding hydrogens is 200 g/mol. The Labute approximate surface area is 88.8 Å². The summed E-state index contributed by atoms with van der Waals surface area (Å²) in [6.45, 7) is 2.33. The van der Waals surface area contributed by atoms with Crippen molar-refractivity contribution in [3.8, 4) is 0 Å². The molecule has 0 spiro atoms. The van der Waals surface area contributed by atoms with Gasteiger partial charge in [-0.2, -0.15) is 0 Å². The van der Waals surface area contributed by atoms with Gasteiger partial charge in [-0.05, 0) is 6.42 Å². The molecule has 7 heteroatoms. The van der Waals surface area contributed by atoms with Gasteiger partial charge in [0.1, 0.15) is 0 Å². The summed E-state index contributed by atoms with van der Waals surface area (Å²) < 4.78 is 0. The summed E-state index contributed by atoms with van der Waals surface area (Å²) in [7, 11) is 1.65. The van der Waals surface area contributed by atoms with Crippen molar-refractivity contribution in [3.05, 3.63) is 0 Å². The van der Waals surface area contributed by atoms with E-state index in [0.29, 0.717) is 19.5 Å². The van der Waals surface area contributed by atoms with Crippen LogP contribution < -0.4 is 10.6 Å². The van der Waals surface area contributed by atoms with E-state index >= 15 is 0 Å². The van der Waals surface area contributed by atoms with Crippen molar-refractivity contribution in [1.29, 1.82) is 5.41 Å². The van der Waals surface area contributed by atoms with Crippen LogP contribution in [0.4, 0.5) is 0 Å². The lowest BCUT2D eigenvalue weighted by atomic mass is 10.4. The second-order valence-electron chi connectivity index (χ2n) is 2.95. The number of amides is 1. The number of carbonyl (C=O) groups is 1. The minimum absolute atomic E-state index is 0.126. The van der Waals surface area contributed by atoms with Gasteiger partial charge in [0.25, 0.3) is 0 Å². The Kier molecular flexibility index (Phi) is 7.29. The molecule has 0 aliphatic heterocycles. The van der Waals surface area contributed by atoms with Crippen LogP contribution in [-0.2, 0) is 9.68 Å². The molecule has 0 atom stereocenters. The highest BCUT2D eigenvalue weighted by molar-refractivity contribution is 5.76. The first-order valence-electron chi connectivity index (χ1n) is 4.63. The van der Waals surface area contributed by atoms with E-state index < -0.39 is 0 Å². The van der Waals surface area contributed by atoms with E-state index in [1.807, 2.05) is 0 Å². The largest absolute Gasteiger partial charge is 0.360 e. The van der Waals surface area contributed by atoms with Crippen LogP contribution in [0.25, 0.3) is 0 Å². The van der Waals surface area contributed by atoms with Crippen molar-refractivity contribution < 1.29 is 14.9 Å². The number of carbonyl (C=O) groups excluding carboxylic acids is 1. The molecule has 0 aromatic rings. The van der Waals surface area contributed by atoms with Gasteiger partial charge in [-0.25, -0.2) is 10.1 Å². The topological polar surface area (TPSA) is 97.7 Å². The van der Waals surface area contributed by atoms with E-state index in [9.17, 15) is 4.79 Å². The summed E-state index contributed by atoms with van der Waals surface area (Å²) in [6, 6.07) is 0. The summed E-state index contributed by atoms with van der Waals surface area (Å²) in [4.78, 5) is 16.2. The lowest BCUT2D eigenvalue weighted by Crippen LogP contribution is -2.37. The Morgan fingerprint density at radius 2 is 2.27 bits per heavy atom. The van der Waals surface area contributed by atoms with E-state index in [1.54, 1.807) is 7.05 Å². The van der Waals surface area contributed by atoms with Crippen molar-refractivity contribution in [2.24, 2.45) is 0 Å². The Hall–Kier alpha value is -1.34. The highest BCUT2D eigenvalue weighted by Gasteiger charge is 2.07. The average Bonchev–Trinajstić information content (AvgIpc) is 2.21. The third-order valence-electron chi connectivity index (χ3n) is 1.82. The maximum Gasteiger partial charge on any atom is 0.221 e. The van der Waals surface area contributed by atoms with Gasteiger partial charge in [-0.1, -0.05) is 0 Å². The minimum Gasteiger partial charge on any atom is -0.360 e. The molecule has 1 amide bonds. The molecule has 0 unspecified atom stereocenters. The average molecular weight is 218 g/mol. The monoisotopic (exact) mass is 218 g/mol. The van der Waals surface area contributed by atoms with Gasteiger partial charge >= 0.3 is 0 Å². The van der Waals surface area contributed by atoms with Crippen molar-refractivity contribution in [3.63, 3.8) is 0 Å². The standard InChI is InChI=1S/C8H18N4O3/c1-7(13)12(6-15-14)5-3-4-11-8(9)10-2/h14H,3-6H2,1-2H3,(H3,9,10,11). The Morgan fingerprint density at radius 3 is 2.73 bits per heavy atom. The molecule has 0 radical (unpaired) electrons. The third-order valence-corrected chi connectivity index (χ3v) is 1.82. The molecule has 0 saturated heterocycles. The fraction of sp³-hybridized carbons (Fsp3) is 0.750. The summed E-state index contributed by atoms with van der Waals surface area (Å²) in [5, 5.41) is 20.9. The number of hydrogen-bond donors (Lipinski definition) is 4. The maximum absolute atomic E-state index is 11.0. The van der Waals surface area contributed by atoms with Crippen LogP contribution in [0, 0.1) is 5.41 Å². The summed E-state index contributed by atoms with van der Waals surface area (Å²) in [6.07, 6.45) is 0.674. The van der Waals surface area contributed by atoms with Crippen LogP contribution in [0.3, 0.4) is 0 Å². The van der Waals surface area contributed by atoms with E-state index in [0.717, 1.165) is 0 Å². The fourth-order valence-electron chi connectivity index (χ4n) is 0.954. The molecule has 0 bridgehead atoms. The minimum atomic E-state index is -0.159. The van der Waals surface area contributed by atoms with Crippen molar-refractivity contribution in [2.75, 3.05) is 26.9 Å². The number of rotatable bonds is 6. The van der Waals surface area contributed by atoms with E-state index in [2.05, 4.69) is 15.5 Å². The third kappa shape index (κ3) is 6.69. The Balaban J connectivity index is 3.62. The zero-order valence-electron chi connectivity index (χ0n) is 9.04. The fourth-order valence-corrected chi connectivity index (χ4v) is 0.954. The first-order valence-corrected chi connectivity index (χ1v) is 4.63. The highest BCUT2D eigenvalue weighted by atomic mass is 17.1. The highest BCUT2D eigenvalue weighted by Crippen LogP contribution is 1.91. The SMILES string of the molecule is CNC(=N)NCCCN(COO)C(C)=O. The van der Waals surface area contributed by atoms with E-state index in [-0.39, 0.29) is 18.6 Å². The second-order valence-corrected chi connectivity index (χ2v) is 2.95. The van der Waals surface area contributed by atoms with Crippen LogP contribution >= 0.6 is 0 Å². The molecule has 0 fully saturated rings. The molecule has 0 saturated carbocycles. The predicted octanol–water partition coefficient (Wildman–Crippen LogP) is -0.584. The van der Waals surface area contributed by atoms with Crippen LogP contribution in [0.2, 0.25) is 0 Å². The first kappa shape index (κ1) is 13.7. The molecule has 4 N–H and O–H groups in total. The normalized spacial score (nSPS) is 9.53. The van der Waals surface area contributed by atoms with Gasteiger partial charge in [-0.3, -0.25) is 10.2 Å². The summed E-state index contributed by atoms with van der Waals surface area (Å²) in [5.74, 6) is 0.0792. The number of nitrogens with zero attached hydrogens (tertiary/aromatic N) is 1. The molecule has 0 aromatic heterocycles. The molecule has 88 valence electrons. The molecule has 7 nitrogen and oxygen atoms in total. The lowest BCUT2D eigenvalue weighted by molar-refractivity contribution is -0.266. The van der Waals surface area contributed by atoms with Gasteiger partial charge in [0.15, 0.2) is 12.7 Å².